The predicted molar refractivity (Wildman–Crippen MR) is 259 cm³/mol. The molecule has 4 atom stereocenters. The number of ether oxygens (including phenoxy) is 5. The van der Waals surface area contributed by atoms with Gasteiger partial charge in [0, 0.05) is 81.5 Å². The molecule has 22 heteroatoms. The molecule has 0 radical (unpaired) electrons. The van der Waals surface area contributed by atoms with Crippen molar-refractivity contribution < 1.29 is 57.6 Å². The highest BCUT2D eigenvalue weighted by Crippen LogP contribution is 2.43. The maximum absolute atomic E-state index is 14.0. The molecular weight excluding hydrogens is 942 g/mol. The molecule has 71 heavy (non-hydrogen) atoms. The summed E-state index contributed by atoms with van der Waals surface area (Å²) in [5.74, 6) is -1.80. The largest absolute Gasteiger partial charge is 0.387 e. The van der Waals surface area contributed by atoms with E-state index in [4.69, 9.17) is 35.3 Å². The average Bonchev–Trinajstić information content (AvgIpc) is 3.81. The lowest BCUT2D eigenvalue weighted by atomic mass is 9.97. The molecule has 2 saturated heterocycles. The van der Waals surface area contributed by atoms with Crippen LogP contribution in [0.3, 0.4) is 0 Å². The Bertz CT molecular complexity index is 2320. The standard InChI is InChI=1S/C49H64ClN9O12/c1-32-29-39(60)44-42(32)45(55-31-54-44)57-15-17-58(18-16-57)47(64)36(33-5-7-34(50)8-6-33)30-51-12-11-40(61)53-14-20-68-22-24-70-26-28-71-27-25-69-23-21-67-19-13-52-37-4-2-3-35-43(37)49(66)59(48(35)65)38-9-10-41(62)56-46(38)63/h2-8,31-32,36,38-39,51-52,60H,9-30H2,1H3,(H,53,61)(H,56,62,63). The molecule has 3 aromatic rings. The molecule has 4 unspecified atom stereocenters. The van der Waals surface area contributed by atoms with Crippen molar-refractivity contribution in [3.63, 3.8) is 0 Å². The number of nitrogens with one attached hydrogen (secondary N) is 4. The van der Waals surface area contributed by atoms with Gasteiger partial charge in [-0.3, -0.25) is 39.0 Å². The van der Waals surface area contributed by atoms with Gasteiger partial charge in [0.15, 0.2) is 0 Å². The number of benzene rings is 2. The number of piperidine rings is 1. The predicted octanol–water partition coefficient (Wildman–Crippen LogP) is 1.80. The monoisotopic (exact) mass is 1010 g/mol. The van der Waals surface area contributed by atoms with E-state index in [1.165, 1.54) is 6.33 Å². The number of piperazine rings is 1. The zero-order chi connectivity index (χ0) is 50.1. The van der Waals surface area contributed by atoms with E-state index in [0.717, 1.165) is 21.8 Å². The molecule has 4 aliphatic rings. The third-order valence-corrected chi connectivity index (χ3v) is 13.0. The van der Waals surface area contributed by atoms with Crippen molar-refractivity contribution in [2.45, 2.75) is 56.6 Å². The Morgan fingerprint density at radius 3 is 2.13 bits per heavy atom. The van der Waals surface area contributed by atoms with Crippen LogP contribution >= 0.6 is 11.6 Å². The molecule has 2 aromatic carbocycles. The molecule has 1 aliphatic carbocycles. The highest BCUT2D eigenvalue weighted by molar-refractivity contribution is 6.30. The Balaban J connectivity index is 0.663. The number of aliphatic hydroxyl groups excluding tert-OH is 1. The van der Waals surface area contributed by atoms with Crippen LogP contribution in [-0.4, -0.2) is 185 Å². The minimum atomic E-state index is -1.03. The summed E-state index contributed by atoms with van der Waals surface area (Å²) in [7, 11) is 0. The third kappa shape index (κ3) is 14.3. The summed E-state index contributed by atoms with van der Waals surface area (Å²) in [4.78, 5) is 90.5. The van der Waals surface area contributed by atoms with E-state index >= 15 is 0 Å². The number of amides is 6. The van der Waals surface area contributed by atoms with Gasteiger partial charge in [-0.25, -0.2) is 9.97 Å². The average molecular weight is 1010 g/mol. The van der Waals surface area contributed by atoms with E-state index in [0.29, 0.717) is 141 Å². The number of rotatable bonds is 28. The number of anilines is 2. The van der Waals surface area contributed by atoms with E-state index in [9.17, 15) is 33.9 Å². The number of nitrogens with zero attached hydrogens (tertiary/aromatic N) is 5. The van der Waals surface area contributed by atoms with Gasteiger partial charge in [-0.2, -0.15) is 0 Å². The van der Waals surface area contributed by atoms with E-state index < -0.39 is 41.7 Å². The van der Waals surface area contributed by atoms with Crippen molar-refractivity contribution >= 4 is 58.5 Å². The van der Waals surface area contributed by atoms with Gasteiger partial charge < -0.3 is 54.5 Å². The number of halogens is 1. The van der Waals surface area contributed by atoms with Crippen molar-refractivity contribution in [2.24, 2.45) is 0 Å². The zero-order valence-electron chi connectivity index (χ0n) is 40.0. The molecule has 1 aromatic heterocycles. The summed E-state index contributed by atoms with van der Waals surface area (Å²) in [6.45, 7) is 9.48. The van der Waals surface area contributed by atoms with Crippen LogP contribution in [0.1, 0.15) is 88.1 Å². The maximum atomic E-state index is 14.0. The Labute approximate surface area is 417 Å². The summed E-state index contributed by atoms with van der Waals surface area (Å²) in [6.07, 6.45) is 1.94. The van der Waals surface area contributed by atoms with Gasteiger partial charge in [0.05, 0.1) is 94.9 Å². The second-order valence-corrected chi connectivity index (χ2v) is 18.0. The number of fused-ring (bicyclic) bond motifs is 2. The summed E-state index contributed by atoms with van der Waals surface area (Å²) >= 11 is 6.17. The fraction of sp³-hybridized carbons (Fsp3) is 0.551. The van der Waals surface area contributed by atoms with E-state index in [1.807, 2.05) is 17.0 Å². The number of imide groups is 2. The van der Waals surface area contributed by atoms with Gasteiger partial charge in [0.2, 0.25) is 23.6 Å². The first-order valence-corrected chi connectivity index (χ1v) is 24.7. The number of hydrogen-bond donors (Lipinski definition) is 5. The summed E-state index contributed by atoms with van der Waals surface area (Å²) in [5, 5.41) is 22.5. The molecule has 4 heterocycles. The Kier molecular flexibility index (Phi) is 20.0. The third-order valence-electron chi connectivity index (χ3n) is 12.7. The van der Waals surface area contributed by atoms with Gasteiger partial charge >= 0.3 is 0 Å². The summed E-state index contributed by atoms with van der Waals surface area (Å²) in [5.41, 5.74) is 3.41. The van der Waals surface area contributed by atoms with Crippen LogP contribution in [0.4, 0.5) is 11.5 Å². The van der Waals surface area contributed by atoms with Gasteiger partial charge in [-0.15, -0.1) is 0 Å². The highest BCUT2D eigenvalue weighted by atomic mass is 35.5. The lowest BCUT2D eigenvalue weighted by Gasteiger charge is -2.38. The van der Waals surface area contributed by atoms with Crippen molar-refractivity contribution in [3.05, 3.63) is 81.8 Å². The van der Waals surface area contributed by atoms with Crippen LogP contribution in [-0.2, 0) is 42.9 Å². The number of aliphatic hydroxyl groups is 1. The first-order chi connectivity index (χ1) is 34.5. The number of carbonyl (C=O) groups is 6. The molecule has 0 spiro atoms. The van der Waals surface area contributed by atoms with Crippen LogP contribution in [0.25, 0.3) is 0 Å². The van der Waals surface area contributed by atoms with Crippen LogP contribution in [0.15, 0.2) is 48.8 Å². The smallest absolute Gasteiger partial charge is 0.264 e. The van der Waals surface area contributed by atoms with Crippen molar-refractivity contribution in [3.8, 4) is 0 Å². The van der Waals surface area contributed by atoms with Gasteiger partial charge in [-0.05, 0) is 48.6 Å². The summed E-state index contributed by atoms with van der Waals surface area (Å²) < 4.78 is 27.8. The maximum Gasteiger partial charge on any atom is 0.264 e. The Morgan fingerprint density at radius 2 is 1.46 bits per heavy atom. The quantitative estimate of drug-likeness (QED) is 0.0514. The summed E-state index contributed by atoms with van der Waals surface area (Å²) in [6, 6.07) is 11.2. The van der Waals surface area contributed by atoms with Gasteiger partial charge in [-0.1, -0.05) is 36.7 Å². The molecule has 21 nitrogen and oxygen atoms in total. The second kappa shape index (κ2) is 26.7. The lowest BCUT2D eigenvalue weighted by Crippen LogP contribution is -2.54. The Hall–Kier alpha value is -5.65. The fourth-order valence-electron chi connectivity index (χ4n) is 9.06. The molecule has 0 saturated carbocycles. The number of hydrogen-bond acceptors (Lipinski definition) is 17. The van der Waals surface area contributed by atoms with Gasteiger partial charge in [0.1, 0.15) is 18.2 Å². The lowest BCUT2D eigenvalue weighted by molar-refractivity contribution is -0.136. The first-order valence-electron chi connectivity index (χ1n) is 24.3. The molecule has 3 aliphatic heterocycles. The Morgan fingerprint density at radius 1 is 0.817 bits per heavy atom. The molecule has 0 bridgehead atoms. The topological polar surface area (TPSA) is 252 Å². The fourth-order valence-corrected chi connectivity index (χ4v) is 9.18. The van der Waals surface area contributed by atoms with E-state index in [-0.39, 0.29) is 48.1 Å². The van der Waals surface area contributed by atoms with Gasteiger partial charge in [0.25, 0.3) is 11.8 Å². The molecule has 5 N–H and O–H groups in total. The van der Waals surface area contributed by atoms with Crippen LogP contribution in [0, 0.1) is 0 Å². The molecule has 7 rings (SSSR count). The van der Waals surface area contributed by atoms with Crippen molar-refractivity contribution in [1.29, 1.82) is 0 Å². The van der Waals surface area contributed by atoms with Crippen molar-refractivity contribution in [2.75, 3.05) is 129 Å². The minimum Gasteiger partial charge on any atom is -0.387 e. The molecule has 384 valence electrons. The molecular formula is C49H64ClN9O12. The minimum absolute atomic E-state index is 0.00307. The van der Waals surface area contributed by atoms with Crippen LogP contribution in [0.2, 0.25) is 5.02 Å². The first kappa shape index (κ1) is 53.2. The van der Waals surface area contributed by atoms with Crippen LogP contribution in [0.5, 0.6) is 0 Å². The van der Waals surface area contributed by atoms with E-state index in [1.54, 1.807) is 30.3 Å². The normalized spacial score (nSPS) is 19.2. The second-order valence-electron chi connectivity index (χ2n) is 17.5. The molecule has 2 fully saturated rings. The van der Waals surface area contributed by atoms with Crippen LogP contribution < -0.4 is 26.2 Å². The van der Waals surface area contributed by atoms with E-state index in [2.05, 4.69) is 43.1 Å². The highest BCUT2D eigenvalue weighted by Gasteiger charge is 2.45. The van der Waals surface area contributed by atoms with Crippen molar-refractivity contribution in [1.82, 2.24) is 35.7 Å². The number of carbonyl (C=O) groups excluding carboxylic acids is 6. The number of aromatic nitrogens is 2. The SMILES string of the molecule is CC1CC(O)c2ncnc(N3CCN(C(=O)C(CNCCC(=O)NCCOCCOCCOCCOCCOCCNc4cccc5c4C(=O)N(C4CCC(=O)NC4=O)C5=O)c4ccc(Cl)cc4)CC3)c21. The zero-order valence-corrected chi connectivity index (χ0v) is 40.8. The molecule has 6 amide bonds.